The molecule has 1 nitrogen and oxygen atoms in total. The number of benzene rings is 1. The molecule has 0 saturated carbocycles. The molecule has 0 aliphatic carbocycles. The monoisotopic (exact) mass is 258 g/mol. The molecule has 0 amide bonds. The lowest BCUT2D eigenvalue weighted by Crippen LogP contribution is -2.39. The highest BCUT2D eigenvalue weighted by Crippen LogP contribution is 2.42. The number of aryl methyl sites for hydroxylation is 1. The first-order chi connectivity index (χ1) is 7.97. The summed E-state index contributed by atoms with van der Waals surface area (Å²) in [5, 5.41) is 10.5. The fourth-order valence-corrected chi connectivity index (χ4v) is 3.46. The van der Waals surface area contributed by atoms with Gasteiger partial charge >= 0.3 is 0 Å². The molecule has 2 rings (SSSR count). The number of hydrogen-bond acceptors (Lipinski definition) is 2. The number of halogens is 2. The highest BCUT2D eigenvalue weighted by Gasteiger charge is 2.40. The van der Waals surface area contributed by atoms with Crippen LogP contribution in [-0.2, 0) is 5.60 Å². The lowest BCUT2D eigenvalue weighted by Gasteiger charge is -2.38. The molecule has 1 N–H and O–H groups in total. The Morgan fingerprint density at radius 3 is 2.71 bits per heavy atom. The molecule has 2 atom stereocenters. The second kappa shape index (κ2) is 4.58. The average molecular weight is 258 g/mol. The van der Waals surface area contributed by atoms with Crippen LogP contribution in [0.25, 0.3) is 0 Å². The van der Waals surface area contributed by atoms with E-state index in [2.05, 4.69) is 0 Å². The van der Waals surface area contributed by atoms with Crippen molar-refractivity contribution in [2.75, 3.05) is 5.75 Å². The zero-order valence-electron chi connectivity index (χ0n) is 9.96. The molecule has 1 aromatic rings. The van der Waals surface area contributed by atoms with E-state index >= 15 is 0 Å². The summed E-state index contributed by atoms with van der Waals surface area (Å²) in [4.78, 5) is 0. The minimum atomic E-state index is -1.25. The van der Waals surface area contributed by atoms with Crippen molar-refractivity contribution < 1.29 is 13.9 Å². The van der Waals surface area contributed by atoms with E-state index in [0.717, 1.165) is 12.2 Å². The van der Waals surface area contributed by atoms with Crippen molar-refractivity contribution in [2.45, 2.75) is 37.5 Å². The molecular weight excluding hydrogens is 242 g/mol. The highest BCUT2D eigenvalue weighted by atomic mass is 32.2. The molecule has 2 unspecified atom stereocenters. The molecular formula is C13H16F2OS. The first-order valence-electron chi connectivity index (χ1n) is 5.76. The van der Waals surface area contributed by atoms with Crippen molar-refractivity contribution in [3.8, 4) is 0 Å². The Bertz CT molecular complexity index is 436. The van der Waals surface area contributed by atoms with E-state index in [9.17, 15) is 13.9 Å². The summed E-state index contributed by atoms with van der Waals surface area (Å²) in [6.45, 7) is 3.38. The second-order valence-electron chi connectivity index (χ2n) is 4.60. The lowest BCUT2D eigenvalue weighted by molar-refractivity contribution is 0.0213. The molecule has 1 fully saturated rings. The Hall–Kier alpha value is -0.610. The van der Waals surface area contributed by atoms with Crippen LogP contribution in [0.4, 0.5) is 8.78 Å². The summed E-state index contributed by atoms with van der Waals surface area (Å²) in [7, 11) is 0. The van der Waals surface area contributed by atoms with Crippen LogP contribution in [0.3, 0.4) is 0 Å². The molecule has 17 heavy (non-hydrogen) atoms. The third-order valence-corrected chi connectivity index (χ3v) is 4.90. The van der Waals surface area contributed by atoms with Crippen LogP contribution in [0.2, 0.25) is 0 Å². The summed E-state index contributed by atoms with van der Waals surface area (Å²) in [6.07, 6.45) is 1.31. The van der Waals surface area contributed by atoms with Gasteiger partial charge in [-0.15, -0.1) is 0 Å². The van der Waals surface area contributed by atoms with Crippen molar-refractivity contribution in [3.63, 3.8) is 0 Å². The number of aliphatic hydroxyl groups is 1. The van der Waals surface area contributed by atoms with Crippen LogP contribution in [-0.4, -0.2) is 16.1 Å². The van der Waals surface area contributed by atoms with Gasteiger partial charge in [0.1, 0.15) is 5.60 Å². The molecule has 1 saturated heterocycles. The van der Waals surface area contributed by atoms with Gasteiger partial charge in [0, 0.05) is 10.8 Å². The van der Waals surface area contributed by atoms with Crippen LogP contribution in [0.5, 0.6) is 0 Å². The summed E-state index contributed by atoms with van der Waals surface area (Å²) in [5.41, 5.74) is -0.882. The van der Waals surface area contributed by atoms with Crippen LogP contribution in [0.15, 0.2) is 12.1 Å². The summed E-state index contributed by atoms with van der Waals surface area (Å²) < 4.78 is 27.5. The van der Waals surface area contributed by atoms with Gasteiger partial charge in [0.2, 0.25) is 0 Å². The normalized spacial score (nSPS) is 29.4. The fourth-order valence-electron chi connectivity index (χ4n) is 2.28. The van der Waals surface area contributed by atoms with Gasteiger partial charge in [-0.05, 0) is 31.1 Å². The third kappa shape index (κ3) is 2.08. The van der Waals surface area contributed by atoms with Gasteiger partial charge in [0.15, 0.2) is 11.6 Å². The fraction of sp³-hybridized carbons (Fsp3) is 0.538. The van der Waals surface area contributed by atoms with E-state index in [1.807, 2.05) is 6.92 Å². The molecule has 94 valence electrons. The van der Waals surface area contributed by atoms with Crippen molar-refractivity contribution in [1.29, 1.82) is 0 Å². The molecule has 0 bridgehead atoms. The minimum absolute atomic E-state index is 0.0975. The first kappa shape index (κ1) is 12.8. The molecule has 0 radical (unpaired) electrons. The third-order valence-electron chi connectivity index (χ3n) is 3.48. The predicted octanol–water partition coefficient (Wildman–Crippen LogP) is 3.38. The van der Waals surface area contributed by atoms with Crippen LogP contribution in [0, 0.1) is 18.6 Å². The molecule has 0 spiro atoms. The van der Waals surface area contributed by atoms with Crippen molar-refractivity contribution >= 4 is 11.8 Å². The van der Waals surface area contributed by atoms with Crippen LogP contribution >= 0.6 is 11.8 Å². The van der Waals surface area contributed by atoms with Gasteiger partial charge in [-0.3, -0.25) is 0 Å². The minimum Gasteiger partial charge on any atom is -0.384 e. The zero-order valence-corrected chi connectivity index (χ0v) is 10.8. The van der Waals surface area contributed by atoms with Gasteiger partial charge in [-0.1, -0.05) is 19.1 Å². The Morgan fingerprint density at radius 1 is 1.35 bits per heavy atom. The van der Waals surface area contributed by atoms with Crippen molar-refractivity contribution in [2.24, 2.45) is 0 Å². The average Bonchev–Trinajstić information content (AvgIpc) is 2.30. The topological polar surface area (TPSA) is 20.2 Å². The summed E-state index contributed by atoms with van der Waals surface area (Å²) >= 11 is 1.60. The van der Waals surface area contributed by atoms with E-state index in [1.54, 1.807) is 11.8 Å². The van der Waals surface area contributed by atoms with E-state index in [0.29, 0.717) is 6.42 Å². The predicted molar refractivity (Wildman–Crippen MR) is 66.1 cm³/mol. The van der Waals surface area contributed by atoms with Gasteiger partial charge in [-0.2, -0.15) is 11.8 Å². The van der Waals surface area contributed by atoms with E-state index in [-0.39, 0.29) is 16.4 Å². The Morgan fingerprint density at radius 2 is 2.06 bits per heavy atom. The maximum Gasteiger partial charge on any atom is 0.165 e. The Kier molecular flexibility index (Phi) is 3.46. The van der Waals surface area contributed by atoms with Crippen LogP contribution in [0.1, 0.15) is 30.9 Å². The standard InChI is InChI=1S/C13H16F2OS/c1-8-4-5-10(12(15)11(8)14)13(16)6-3-7-17-9(13)2/h4-5,9,16H,3,6-7H2,1-2H3. The largest absolute Gasteiger partial charge is 0.384 e. The van der Waals surface area contributed by atoms with Gasteiger partial charge < -0.3 is 5.11 Å². The number of rotatable bonds is 1. The van der Waals surface area contributed by atoms with Crippen molar-refractivity contribution in [1.82, 2.24) is 0 Å². The smallest absolute Gasteiger partial charge is 0.165 e. The zero-order chi connectivity index (χ0) is 12.6. The van der Waals surface area contributed by atoms with Crippen molar-refractivity contribution in [3.05, 3.63) is 34.9 Å². The maximum absolute atomic E-state index is 13.9. The van der Waals surface area contributed by atoms with Gasteiger partial charge in [0.05, 0.1) is 0 Å². The molecule has 1 aromatic carbocycles. The Labute approximate surface area is 104 Å². The Balaban J connectivity index is 2.49. The SMILES string of the molecule is Cc1ccc(C2(O)CCCSC2C)c(F)c1F. The first-order valence-corrected chi connectivity index (χ1v) is 6.80. The van der Waals surface area contributed by atoms with E-state index in [1.165, 1.54) is 19.1 Å². The molecule has 1 heterocycles. The molecule has 1 aliphatic rings. The molecule has 0 aromatic heterocycles. The summed E-state index contributed by atoms with van der Waals surface area (Å²) in [5.74, 6) is -0.792. The van der Waals surface area contributed by atoms with Gasteiger partial charge in [0.25, 0.3) is 0 Å². The number of thioether (sulfide) groups is 1. The quantitative estimate of drug-likeness (QED) is 0.833. The van der Waals surface area contributed by atoms with E-state index < -0.39 is 17.2 Å². The lowest BCUT2D eigenvalue weighted by atomic mass is 9.85. The maximum atomic E-state index is 13.9. The van der Waals surface area contributed by atoms with Gasteiger partial charge in [-0.25, -0.2) is 8.78 Å². The summed E-state index contributed by atoms with van der Waals surface area (Å²) in [6, 6.07) is 3.04. The van der Waals surface area contributed by atoms with Crippen LogP contribution < -0.4 is 0 Å². The van der Waals surface area contributed by atoms with E-state index in [4.69, 9.17) is 0 Å². The molecule has 4 heteroatoms. The number of hydrogen-bond donors (Lipinski definition) is 1. The second-order valence-corrected chi connectivity index (χ2v) is 6.05. The molecule has 1 aliphatic heterocycles. The highest BCUT2D eigenvalue weighted by molar-refractivity contribution is 8.00.